The van der Waals surface area contributed by atoms with E-state index in [-0.39, 0.29) is 29.6 Å². The molecule has 0 unspecified atom stereocenters. The van der Waals surface area contributed by atoms with E-state index in [0.29, 0.717) is 31.3 Å². The first kappa shape index (κ1) is 26.0. The Bertz CT molecular complexity index is 782. The highest BCUT2D eigenvalue weighted by Crippen LogP contribution is 2.23. The number of aromatic nitrogens is 1. The third-order valence-corrected chi connectivity index (χ3v) is 4.15. The Morgan fingerprint density at radius 3 is 2.40 bits per heavy atom. The number of nitrogens with zero attached hydrogens (tertiary/aromatic N) is 2. The zero-order chi connectivity index (χ0) is 21.1. The Morgan fingerprint density at radius 2 is 1.77 bits per heavy atom. The first-order valence-corrected chi connectivity index (χ1v) is 9.88. The maximum atomic E-state index is 5.85. The van der Waals surface area contributed by atoms with Gasteiger partial charge in [0.2, 0.25) is 5.88 Å². The van der Waals surface area contributed by atoms with Crippen LogP contribution < -0.4 is 20.1 Å². The number of guanidine groups is 1. The lowest BCUT2D eigenvalue weighted by Crippen LogP contribution is -2.45. The number of methoxy groups -OCH3 is 1. The molecule has 8 heteroatoms. The largest absolute Gasteiger partial charge is 0.494 e. The highest BCUT2D eigenvalue weighted by molar-refractivity contribution is 14.0. The van der Waals surface area contributed by atoms with Crippen LogP contribution in [0.15, 0.2) is 47.6 Å². The second kappa shape index (κ2) is 13.3. The molecule has 166 valence electrons. The Hall–Kier alpha value is -2.07. The molecule has 1 aromatic heterocycles. The third-order valence-electron chi connectivity index (χ3n) is 4.15. The molecule has 2 rings (SSSR count). The van der Waals surface area contributed by atoms with Crippen LogP contribution in [0.1, 0.15) is 33.3 Å². The Morgan fingerprint density at radius 1 is 1.07 bits per heavy atom. The second-order valence-electron chi connectivity index (χ2n) is 7.02. The lowest BCUT2D eigenvalue weighted by Gasteiger charge is -2.24. The van der Waals surface area contributed by atoms with Crippen LogP contribution in [0, 0.1) is 0 Å². The van der Waals surface area contributed by atoms with Gasteiger partial charge >= 0.3 is 0 Å². The summed E-state index contributed by atoms with van der Waals surface area (Å²) in [4.78, 5) is 8.93. The zero-order valence-electron chi connectivity index (χ0n) is 18.4. The minimum atomic E-state index is -0.272. The molecule has 2 N–H and O–H groups in total. The molecule has 0 bridgehead atoms. The van der Waals surface area contributed by atoms with E-state index in [4.69, 9.17) is 14.2 Å². The lowest BCUT2D eigenvalue weighted by molar-refractivity contribution is 0.0268. The summed E-state index contributed by atoms with van der Waals surface area (Å²) in [6.45, 7) is 10.6. The molecule has 0 amide bonds. The van der Waals surface area contributed by atoms with Crippen molar-refractivity contribution >= 4 is 29.9 Å². The second-order valence-corrected chi connectivity index (χ2v) is 7.02. The molecule has 7 nitrogen and oxygen atoms in total. The molecule has 0 fully saturated rings. The van der Waals surface area contributed by atoms with E-state index >= 15 is 0 Å². The van der Waals surface area contributed by atoms with Gasteiger partial charge in [-0.05, 0) is 63.6 Å². The van der Waals surface area contributed by atoms with Crippen molar-refractivity contribution in [1.82, 2.24) is 15.6 Å². The zero-order valence-corrected chi connectivity index (χ0v) is 20.7. The molecule has 0 saturated carbocycles. The number of ether oxygens (including phenoxy) is 3. The molecule has 2 aromatic rings. The van der Waals surface area contributed by atoms with Crippen molar-refractivity contribution in [3.05, 3.63) is 48.2 Å². The number of pyridine rings is 1. The monoisotopic (exact) mass is 528 g/mol. The van der Waals surface area contributed by atoms with Crippen molar-refractivity contribution in [3.8, 4) is 17.4 Å². The van der Waals surface area contributed by atoms with E-state index < -0.39 is 0 Å². The minimum absolute atomic E-state index is 0. The van der Waals surface area contributed by atoms with Crippen LogP contribution in [0.4, 0.5) is 0 Å². The van der Waals surface area contributed by atoms with Crippen LogP contribution in [-0.2, 0) is 11.3 Å². The number of halogens is 1. The van der Waals surface area contributed by atoms with E-state index in [2.05, 4.69) is 20.6 Å². The van der Waals surface area contributed by atoms with Gasteiger partial charge in [-0.25, -0.2) is 9.98 Å². The Kier molecular flexibility index (Phi) is 11.5. The van der Waals surface area contributed by atoms with E-state index in [9.17, 15) is 0 Å². The molecule has 30 heavy (non-hydrogen) atoms. The van der Waals surface area contributed by atoms with Gasteiger partial charge in [0, 0.05) is 32.5 Å². The van der Waals surface area contributed by atoms with Crippen molar-refractivity contribution in [2.24, 2.45) is 4.99 Å². The van der Waals surface area contributed by atoms with Crippen LogP contribution in [-0.4, -0.2) is 43.4 Å². The smallest absolute Gasteiger partial charge is 0.219 e. The molecule has 0 aliphatic carbocycles. The first-order chi connectivity index (χ1) is 14.0. The summed E-state index contributed by atoms with van der Waals surface area (Å²) in [5.41, 5.74) is 0.732. The average molecular weight is 528 g/mol. The highest BCUT2D eigenvalue weighted by Gasteiger charge is 2.16. The van der Waals surface area contributed by atoms with Crippen LogP contribution in [0.2, 0.25) is 0 Å². The Labute approximate surface area is 196 Å². The quantitative estimate of drug-likeness (QED) is 0.271. The molecule has 1 heterocycles. The average Bonchev–Trinajstić information content (AvgIpc) is 2.72. The number of hydrogen-bond donors (Lipinski definition) is 2. The van der Waals surface area contributed by atoms with Crippen LogP contribution >= 0.6 is 24.0 Å². The van der Waals surface area contributed by atoms with Gasteiger partial charge < -0.3 is 24.8 Å². The summed E-state index contributed by atoms with van der Waals surface area (Å²) < 4.78 is 16.7. The van der Waals surface area contributed by atoms with Crippen molar-refractivity contribution in [2.75, 3.05) is 26.8 Å². The summed E-state index contributed by atoms with van der Waals surface area (Å²) in [6.07, 6.45) is 1.73. The maximum Gasteiger partial charge on any atom is 0.219 e. The number of nitrogens with one attached hydrogen (secondary N) is 2. The summed E-state index contributed by atoms with van der Waals surface area (Å²) in [5, 5.41) is 6.55. The molecule has 0 aliphatic rings. The van der Waals surface area contributed by atoms with Crippen LogP contribution in [0.25, 0.3) is 0 Å². The third kappa shape index (κ3) is 9.17. The normalized spacial score (nSPS) is 11.4. The van der Waals surface area contributed by atoms with Crippen molar-refractivity contribution in [2.45, 2.75) is 39.8 Å². The molecular weight excluding hydrogens is 495 g/mol. The van der Waals surface area contributed by atoms with Gasteiger partial charge in [0.1, 0.15) is 11.5 Å². The van der Waals surface area contributed by atoms with Gasteiger partial charge in [0.25, 0.3) is 0 Å². The van der Waals surface area contributed by atoms with E-state index in [1.165, 1.54) is 0 Å². The topological polar surface area (TPSA) is 77.0 Å². The standard InChI is InChI=1S/C22H32N4O3.HI/c1-6-23-21(26-16-22(3,4)27-5)25-15-17-12-13-24-20(14-17)29-19-10-8-18(9-11-19)28-7-2;/h8-14H,6-7,15-16H2,1-5H3,(H2,23,25,26);1H. The molecule has 0 atom stereocenters. The molecule has 0 spiro atoms. The van der Waals surface area contributed by atoms with Gasteiger partial charge in [0.15, 0.2) is 5.96 Å². The maximum absolute atomic E-state index is 5.85. The number of aliphatic imine (C=N–C) groups is 1. The number of hydrogen-bond acceptors (Lipinski definition) is 5. The highest BCUT2D eigenvalue weighted by atomic mass is 127. The number of rotatable bonds is 10. The summed E-state index contributed by atoms with van der Waals surface area (Å²) >= 11 is 0. The van der Waals surface area contributed by atoms with E-state index in [0.717, 1.165) is 23.8 Å². The fourth-order valence-corrected chi connectivity index (χ4v) is 2.38. The summed E-state index contributed by atoms with van der Waals surface area (Å²) in [6, 6.07) is 11.3. The van der Waals surface area contributed by atoms with Crippen LogP contribution in [0.3, 0.4) is 0 Å². The lowest BCUT2D eigenvalue weighted by atomic mass is 10.1. The van der Waals surface area contributed by atoms with Crippen molar-refractivity contribution in [3.63, 3.8) is 0 Å². The molecule has 0 aliphatic heterocycles. The van der Waals surface area contributed by atoms with Gasteiger partial charge in [-0.15, -0.1) is 24.0 Å². The summed E-state index contributed by atoms with van der Waals surface area (Å²) in [5.74, 6) is 2.79. The molecule has 0 radical (unpaired) electrons. The minimum Gasteiger partial charge on any atom is -0.494 e. The SMILES string of the molecule is CCNC(=NCc1ccnc(Oc2ccc(OCC)cc2)c1)NCC(C)(C)OC.I. The Balaban J connectivity index is 0.00000450. The molecular formula is C22H33IN4O3. The van der Waals surface area contributed by atoms with Gasteiger partial charge in [-0.3, -0.25) is 0 Å². The van der Waals surface area contributed by atoms with Crippen molar-refractivity contribution < 1.29 is 14.2 Å². The number of benzene rings is 1. The van der Waals surface area contributed by atoms with Gasteiger partial charge in [0.05, 0.1) is 18.8 Å². The molecule has 0 saturated heterocycles. The fourth-order valence-electron chi connectivity index (χ4n) is 2.38. The van der Waals surface area contributed by atoms with E-state index in [1.807, 2.05) is 64.1 Å². The van der Waals surface area contributed by atoms with Crippen LogP contribution in [0.5, 0.6) is 17.4 Å². The van der Waals surface area contributed by atoms with E-state index in [1.54, 1.807) is 13.3 Å². The van der Waals surface area contributed by atoms with Gasteiger partial charge in [-0.2, -0.15) is 0 Å². The van der Waals surface area contributed by atoms with Gasteiger partial charge in [-0.1, -0.05) is 0 Å². The molecule has 1 aromatic carbocycles. The fraction of sp³-hybridized carbons (Fsp3) is 0.455. The summed E-state index contributed by atoms with van der Waals surface area (Å²) in [7, 11) is 1.70. The predicted octanol–water partition coefficient (Wildman–Crippen LogP) is 4.37. The predicted molar refractivity (Wildman–Crippen MR) is 131 cm³/mol. The van der Waals surface area contributed by atoms with Crippen molar-refractivity contribution in [1.29, 1.82) is 0 Å². The first-order valence-electron chi connectivity index (χ1n) is 9.88.